The van der Waals surface area contributed by atoms with Gasteiger partial charge < -0.3 is 9.26 Å². The Morgan fingerprint density at radius 3 is 2.59 bits per heavy atom. The smallest absolute Gasteiger partial charge is 0.336 e. The maximum atomic E-state index is 13.4. The predicted molar refractivity (Wildman–Crippen MR) is 122 cm³/mol. The van der Waals surface area contributed by atoms with Crippen LogP contribution in [0.1, 0.15) is 11.5 Å². The molecule has 5 rings (SSSR count). The number of rotatable bonds is 5. The van der Waals surface area contributed by atoms with Crippen molar-refractivity contribution in [2.45, 2.75) is 13.5 Å². The zero-order valence-electron chi connectivity index (χ0n) is 17.3. The zero-order chi connectivity index (χ0) is 22.2. The molecule has 8 nitrogen and oxygen atoms in total. The van der Waals surface area contributed by atoms with Crippen molar-refractivity contribution in [1.82, 2.24) is 19.3 Å². The summed E-state index contributed by atoms with van der Waals surface area (Å²) in [5, 5.41) is 5.86. The van der Waals surface area contributed by atoms with Crippen LogP contribution in [-0.4, -0.2) is 26.4 Å². The summed E-state index contributed by atoms with van der Waals surface area (Å²) < 4.78 is 13.7. The summed E-state index contributed by atoms with van der Waals surface area (Å²) in [6, 6.07) is 16.2. The third-order valence-corrected chi connectivity index (χ3v) is 6.12. The van der Waals surface area contributed by atoms with Gasteiger partial charge in [-0.2, -0.15) is 4.98 Å². The number of ether oxygens (including phenoxy) is 1. The lowest BCUT2D eigenvalue weighted by Gasteiger charge is -2.11. The number of methoxy groups -OCH3 is 1. The third kappa shape index (κ3) is 3.32. The number of aryl methyl sites for hydroxylation is 1. The molecule has 0 spiro atoms. The fraction of sp³-hybridized carbons (Fsp3) is 0.130. The van der Waals surface area contributed by atoms with Gasteiger partial charge in [-0.25, -0.2) is 9.36 Å². The van der Waals surface area contributed by atoms with Gasteiger partial charge in [-0.3, -0.25) is 9.36 Å². The third-order valence-electron chi connectivity index (χ3n) is 5.23. The van der Waals surface area contributed by atoms with Crippen molar-refractivity contribution in [2.75, 3.05) is 7.11 Å². The molecule has 0 aliphatic heterocycles. The lowest BCUT2D eigenvalue weighted by molar-refractivity contribution is 0.370. The molecule has 0 atom stereocenters. The first kappa shape index (κ1) is 20.0. The molecule has 160 valence electrons. The van der Waals surface area contributed by atoms with Gasteiger partial charge >= 0.3 is 5.69 Å². The van der Waals surface area contributed by atoms with E-state index in [9.17, 15) is 9.59 Å². The van der Waals surface area contributed by atoms with Crippen LogP contribution in [0.3, 0.4) is 0 Å². The molecule has 3 heterocycles. The molecule has 9 heteroatoms. The maximum absolute atomic E-state index is 13.4. The van der Waals surface area contributed by atoms with Gasteiger partial charge in [0, 0.05) is 5.56 Å². The van der Waals surface area contributed by atoms with Gasteiger partial charge in [0.2, 0.25) is 11.7 Å². The summed E-state index contributed by atoms with van der Waals surface area (Å²) in [6.07, 6.45) is 0. The van der Waals surface area contributed by atoms with Gasteiger partial charge in [-0.15, -0.1) is 11.3 Å². The van der Waals surface area contributed by atoms with E-state index in [-0.39, 0.29) is 18.0 Å². The number of fused-ring (bicyclic) bond motifs is 1. The van der Waals surface area contributed by atoms with Gasteiger partial charge in [0.1, 0.15) is 17.0 Å². The van der Waals surface area contributed by atoms with Gasteiger partial charge in [0.15, 0.2) is 0 Å². The minimum Gasteiger partial charge on any atom is -0.497 e. The molecule has 0 saturated carbocycles. The lowest BCUT2D eigenvalue weighted by Crippen LogP contribution is -2.38. The highest BCUT2D eigenvalue weighted by Gasteiger charge is 2.18. The van der Waals surface area contributed by atoms with Gasteiger partial charge in [-0.05, 0) is 48.2 Å². The highest BCUT2D eigenvalue weighted by Crippen LogP contribution is 2.21. The van der Waals surface area contributed by atoms with E-state index in [2.05, 4.69) is 10.1 Å². The van der Waals surface area contributed by atoms with Crippen LogP contribution >= 0.6 is 11.3 Å². The van der Waals surface area contributed by atoms with Crippen LogP contribution in [0.5, 0.6) is 5.75 Å². The van der Waals surface area contributed by atoms with E-state index in [1.165, 1.54) is 15.9 Å². The Kier molecular flexibility index (Phi) is 4.95. The molecule has 0 aliphatic carbocycles. The number of thiophene rings is 1. The maximum Gasteiger partial charge on any atom is 0.336 e. The Morgan fingerprint density at radius 2 is 1.84 bits per heavy atom. The molecule has 32 heavy (non-hydrogen) atoms. The van der Waals surface area contributed by atoms with Crippen LogP contribution in [0.2, 0.25) is 0 Å². The van der Waals surface area contributed by atoms with Crippen LogP contribution < -0.4 is 16.0 Å². The summed E-state index contributed by atoms with van der Waals surface area (Å²) in [4.78, 5) is 31.0. The second kappa shape index (κ2) is 7.93. The summed E-state index contributed by atoms with van der Waals surface area (Å²) in [5.41, 5.74) is 2.01. The molecule has 0 fully saturated rings. The van der Waals surface area contributed by atoms with Crippen LogP contribution in [0, 0.1) is 6.92 Å². The Labute approximate surface area is 186 Å². The van der Waals surface area contributed by atoms with E-state index in [0.29, 0.717) is 27.5 Å². The quantitative estimate of drug-likeness (QED) is 0.409. The highest BCUT2D eigenvalue weighted by atomic mass is 32.1. The Bertz CT molecular complexity index is 1540. The minimum atomic E-state index is -0.485. The average molecular weight is 446 g/mol. The molecular weight excluding hydrogens is 428 g/mol. The molecule has 2 aromatic carbocycles. The summed E-state index contributed by atoms with van der Waals surface area (Å²) >= 11 is 1.28. The first-order valence-corrected chi connectivity index (χ1v) is 10.7. The van der Waals surface area contributed by atoms with Crippen molar-refractivity contribution in [3.63, 3.8) is 0 Å². The average Bonchev–Trinajstić information content (AvgIpc) is 3.48. The lowest BCUT2D eigenvalue weighted by atomic mass is 10.1. The van der Waals surface area contributed by atoms with Gasteiger partial charge in [-0.1, -0.05) is 29.4 Å². The number of nitrogens with zero attached hydrogens (tertiary/aromatic N) is 4. The molecule has 0 amide bonds. The molecule has 0 saturated heterocycles. The fourth-order valence-electron chi connectivity index (χ4n) is 3.59. The second-order valence-corrected chi connectivity index (χ2v) is 8.09. The van der Waals surface area contributed by atoms with Crippen molar-refractivity contribution >= 4 is 21.6 Å². The van der Waals surface area contributed by atoms with Crippen molar-refractivity contribution < 1.29 is 9.26 Å². The van der Waals surface area contributed by atoms with E-state index in [4.69, 9.17) is 9.26 Å². The molecule has 0 bridgehead atoms. The molecule has 3 aromatic heterocycles. The largest absolute Gasteiger partial charge is 0.497 e. The zero-order valence-corrected chi connectivity index (χ0v) is 18.1. The summed E-state index contributed by atoms with van der Waals surface area (Å²) in [5.74, 6) is 1.36. The van der Waals surface area contributed by atoms with E-state index in [1.54, 1.807) is 42.8 Å². The monoisotopic (exact) mass is 446 g/mol. The topological polar surface area (TPSA) is 92.2 Å². The van der Waals surface area contributed by atoms with Crippen LogP contribution in [-0.2, 0) is 6.54 Å². The summed E-state index contributed by atoms with van der Waals surface area (Å²) in [6.45, 7) is 2.01. The van der Waals surface area contributed by atoms with Crippen molar-refractivity contribution in [2.24, 2.45) is 0 Å². The SMILES string of the molecule is COc1ccc(-n2c(=O)c3sccc3n(Cc3nc(-c4ccccc4C)no3)c2=O)cc1. The molecular formula is C23H18N4O4S. The highest BCUT2D eigenvalue weighted by molar-refractivity contribution is 7.17. The van der Waals surface area contributed by atoms with Crippen molar-refractivity contribution in [1.29, 1.82) is 0 Å². The van der Waals surface area contributed by atoms with Crippen LogP contribution in [0.15, 0.2) is 74.1 Å². The Balaban J connectivity index is 1.62. The minimum absolute atomic E-state index is 0.0430. The molecule has 0 radical (unpaired) electrons. The first-order valence-electron chi connectivity index (χ1n) is 9.83. The molecule has 0 unspecified atom stereocenters. The second-order valence-electron chi connectivity index (χ2n) is 7.17. The van der Waals surface area contributed by atoms with Crippen LogP contribution in [0.25, 0.3) is 27.3 Å². The number of benzene rings is 2. The molecule has 5 aromatic rings. The van der Waals surface area contributed by atoms with E-state index in [0.717, 1.165) is 15.7 Å². The van der Waals surface area contributed by atoms with Crippen molar-refractivity contribution in [3.8, 4) is 22.8 Å². The van der Waals surface area contributed by atoms with E-state index in [1.807, 2.05) is 31.2 Å². The van der Waals surface area contributed by atoms with Crippen LogP contribution in [0.4, 0.5) is 0 Å². The first-order chi connectivity index (χ1) is 15.6. The normalized spacial score (nSPS) is 11.2. The number of hydrogen-bond donors (Lipinski definition) is 0. The summed E-state index contributed by atoms with van der Waals surface area (Å²) in [7, 11) is 1.56. The number of aromatic nitrogens is 4. The fourth-order valence-corrected chi connectivity index (χ4v) is 4.41. The van der Waals surface area contributed by atoms with E-state index >= 15 is 0 Å². The standard InChI is InChI=1S/C23H18N4O4S/c1-14-5-3-4-6-17(14)21-24-19(31-25-21)13-26-18-11-12-32-20(18)22(28)27(23(26)29)15-7-9-16(30-2)10-8-15/h3-12H,13H2,1-2H3. The molecule has 0 N–H and O–H groups in total. The number of hydrogen-bond acceptors (Lipinski definition) is 7. The van der Waals surface area contributed by atoms with E-state index < -0.39 is 5.69 Å². The van der Waals surface area contributed by atoms with Crippen molar-refractivity contribution in [3.05, 3.63) is 92.3 Å². The molecule has 0 aliphatic rings. The Hall–Kier alpha value is -3.98. The Morgan fingerprint density at radius 1 is 1.06 bits per heavy atom. The van der Waals surface area contributed by atoms with Gasteiger partial charge in [0.05, 0.1) is 18.3 Å². The predicted octanol–water partition coefficient (Wildman–Crippen LogP) is 3.63. The van der Waals surface area contributed by atoms with Gasteiger partial charge in [0.25, 0.3) is 5.56 Å².